The van der Waals surface area contributed by atoms with Gasteiger partial charge in [0.2, 0.25) is 0 Å². The molecule has 0 amide bonds. The van der Waals surface area contributed by atoms with E-state index in [1.807, 2.05) is 0 Å². The highest BCUT2D eigenvalue weighted by atomic mass is 14.5. The van der Waals surface area contributed by atoms with Gasteiger partial charge in [-0.15, -0.1) is 0 Å². The summed E-state index contributed by atoms with van der Waals surface area (Å²) in [6.45, 7) is 0. The van der Waals surface area contributed by atoms with Gasteiger partial charge in [0.1, 0.15) is 0 Å². The molecule has 0 heteroatoms. The Hall–Kier alpha value is -12.5. The van der Waals surface area contributed by atoms with Crippen LogP contribution in [0.1, 0.15) is 44.5 Å². The number of benzene rings is 18. The normalized spacial score (nSPS) is 13.1. The minimum absolute atomic E-state index is 0.518. The first-order chi connectivity index (χ1) is 48.6. The van der Waals surface area contributed by atoms with Gasteiger partial charge < -0.3 is 0 Å². The highest BCUT2D eigenvalue weighted by Crippen LogP contribution is 2.62. The first-order valence-corrected chi connectivity index (χ1v) is 34.2. The average molecular weight is 1240 g/mol. The minimum Gasteiger partial charge on any atom is -0.0622 e. The number of hydrogen-bond acceptors (Lipinski definition) is 0. The Morgan fingerprint density at radius 3 is 0.959 bits per heavy atom. The summed E-state index contributed by atoms with van der Waals surface area (Å²) in [6, 6.07) is 144. The summed E-state index contributed by atoms with van der Waals surface area (Å²) in [5.74, 6) is 0. The van der Waals surface area contributed by atoms with E-state index in [9.17, 15) is 0 Å². The van der Waals surface area contributed by atoms with Crippen LogP contribution in [0.5, 0.6) is 0 Å². The van der Waals surface area contributed by atoms with Crippen LogP contribution in [0.25, 0.3) is 131 Å². The summed E-state index contributed by atoms with van der Waals surface area (Å²) in [5, 5.41) is 15.2. The first kappa shape index (κ1) is 57.0. The van der Waals surface area contributed by atoms with Crippen LogP contribution in [0.4, 0.5) is 0 Å². The monoisotopic (exact) mass is 1240 g/mol. The summed E-state index contributed by atoms with van der Waals surface area (Å²) in [7, 11) is 0. The van der Waals surface area contributed by atoms with Gasteiger partial charge in [0.25, 0.3) is 0 Å². The van der Waals surface area contributed by atoms with Crippen LogP contribution in [0.15, 0.2) is 388 Å². The molecule has 0 aromatic heterocycles. The number of hydrogen-bond donors (Lipinski definition) is 0. The molecule has 2 aliphatic carbocycles. The minimum atomic E-state index is -0.531. The SMILES string of the molecule is c1ccc(C2(c3ccccc3)c3cc(-c4ccc5ccccc5c4)ccc3-c3c2cc(-c2ccc4ccccc4c2)c2ccccc32)cc1.c1ccc(C2(c3ccccc3)c3cc(-c4cccc5ccccc45)ccc3-c3c2cc(-c2cccc4ccccc24)c2ccccc32)cc1. The van der Waals surface area contributed by atoms with Crippen molar-refractivity contribution in [1.82, 2.24) is 0 Å². The molecule has 0 saturated carbocycles. The van der Waals surface area contributed by atoms with Gasteiger partial charge in [-0.25, -0.2) is 0 Å². The van der Waals surface area contributed by atoms with Gasteiger partial charge in [0, 0.05) is 0 Å². The van der Waals surface area contributed by atoms with E-state index >= 15 is 0 Å². The molecule has 20 rings (SSSR count). The molecule has 0 heterocycles. The third-order valence-corrected chi connectivity index (χ3v) is 21.4. The highest BCUT2D eigenvalue weighted by Gasteiger charge is 2.49. The van der Waals surface area contributed by atoms with Gasteiger partial charge in [-0.3, -0.25) is 0 Å². The van der Waals surface area contributed by atoms with Crippen LogP contribution < -0.4 is 0 Å². The van der Waals surface area contributed by atoms with E-state index in [2.05, 4.69) is 388 Å². The molecule has 0 bridgehead atoms. The Morgan fingerprint density at radius 1 is 0.143 bits per heavy atom. The third kappa shape index (κ3) is 8.85. The van der Waals surface area contributed by atoms with Crippen molar-refractivity contribution in [2.75, 3.05) is 0 Å². The smallest absolute Gasteiger partial charge is 0.0622 e. The van der Waals surface area contributed by atoms with E-state index in [0.717, 1.165) is 0 Å². The zero-order chi connectivity index (χ0) is 64.7. The van der Waals surface area contributed by atoms with Gasteiger partial charge in [0.05, 0.1) is 10.8 Å². The molecule has 0 atom stereocenters. The van der Waals surface area contributed by atoms with E-state index in [1.165, 1.54) is 176 Å². The average Bonchev–Trinajstić information content (AvgIpc) is 1.52. The second-order valence-corrected chi connectivity index (χ2v) is 26.4. The molecular weight excluding hydrogens is 1180 g/mol. The molecule has 456 valence electrons. The van der Waals surface area contributed by atoms with Crippen molar-refractivity contribution < 1.29 is 0 Å². The van der Waals surface area contributed by atoms with Crippen molar-refractivity contribution >= 4 is 64.6 Å². The van der Waals surface area contributed by atoms with E-state index in [-0.39, 0.29) is 0 Å². The van der Waals surface area contributed by atoms with Crippen LogP contribution in [0.3, 0.4) is 0 Å². The Balaban J connectivity index is 0.000000137. The van der Waals surface area contributed by atoms with Crippen molar-refractivity contribution in [2.24, 2.45) is 0 Å². The lowest BCUT2D eigenvalue weighted by atomic mass is 9.67. The van der Waals surface area contributed by atoms with Crippen LogP contribution in [0, 0.1) is 0 Å². The van der Waals surface area contributed by atoms with E-state index in [1.54, 1.807) is 0 Å². The maximum atomic E-state index is 2.52. The lowest BCUT2D eigenvalue weighted by Gasteiger charge is -2.34. The molecular formula is C98H64. The van der Waals surface area contributed by atoms with Crippen LogP contribution in [-0.4, -0.2) is 0 Å². The quantitative estimate of drug-likeness (QED) is 0.142. The zero-order valence-corrected chi connectivity index (χ0v) is 54.0. The van der Waals surface area contributed by atoms with Crippen molar-refractivity contribution in [3.05, 3.63) is 433 Å². The molecule has 0 nitrogen and oxygen atoms in total. The Morgan fingerprint density at radius 2 is 0.459 bits per heavy atom. The van der Waals surface area contributed by atoms with Crippen molar-refractivity contribution in [2.45, 2.75) is 10.8 Å². The van der Waals surface area contributed by atoms with E-state index in [4.69, 9.17) is 0 Å². The van der Waals surface area contributed by atoms with Crippen LogP contribution in [-0.2, 0) is 10.8 Å². The first-order valence-electron chi connectivity index (χ1n) is 34.2. The molecule has 18 aromatic rings. The van der Waals surface area contributed by atoms with Crippen molar-refractivity contribution in [3.63, 3.8) is 0 Å². The van der Waals surface area contributed by atoms with E-state index < -0.39 is 10.8 Å². The maximum Gasteiger partial charge on any atom is 0.0714 e. The molecule has 18 aromatic carbocycles. The largest absolute Gasteiger partial charge is 0.0714 e. The molecule has 0 fully saturated rings. The van der Waals surface area contributed by atoms with Gasteiger partial charge in [-0.2, -0.15) is 0 Å². The lowest BCUT2D eigenvalue weighted by Crippen LogP contribution is -2.28. The molecule has 0 spiro atoms. The third-order valence-electron chi connectivity index (χ3n) is 21.4. The van der Waals surface area contributed by atoms with Crippen LogP contribution >= 0.6 is 0 Å². The molecule has 0 saturated heterocycles. The second kappa shape index (κ2) is 23.2. The fraction of sp³-hybridized carbons (Fsp3) is 0.0204. The summed E-state index contributed by atoms with van der Waals surface area (Å²) in [6.07, 6.45) is 0. The van der Waals surface area contributed by atoms with E-state index in [0.29, 0.717) is 0 Å². The molecule has 0 unspecified atom stereocenters. The van der Waals surface area contributed by atoms with Gasteiger partial charge >= 0.3 is 0 Å². The fourth-order valence-corrected chi connectivity index (χ4v) is 17.2. The Labute approximate surface area is 571 Å². The predicted molar refractivity (Wildman–Crippen MR) is 414 cm³/mol. The standard InChI is InChI=1S/2C49H32/c1-3-19-36(20-4-1)49(37-21-5-2-6-22-37)46-31-35(40-27-13-17-33-15-7-9-23-38(33)40)29-30-44(46)48-43-26-12-11-25-42(43)45(32-47(48)49)41-28-14-18-34-16-8-10-24-39(34)41;1-3-17-40(18-4-1)49(41-19-5-2-6-20-41)46-31-38(37-25-23-33-13-7-9-15-35(33)29-37)27-28-44(46)48-43-22-12-11-21-42(43)45(32-47(48)49)39-26-24-34-14-8-10-16-36(34)30-39/h2*1-32H. The summed E-state index contributed by atoms with van der Waals surface area (Å²) < 4.78 is 0. The molecule has 0 N–H and O–H groups in total. The van der Waals surface area contributed by atoms with Gasteiger partial charge in [-0.1, -0.05) is 352 Å². The van der Waals surface area contributed by atoms with Crippen molar-refractivity contribution in [3.8, 4) is 66.8 Å². The lowest BCUT2D eigenvalue weighted by molar-refractivity contribution is 0.769. The van der Waals surface area contributed by atoms with Gasteiger partial charge in [-0.05, 0) is 212 Å². The number of rotatable bonds is 8. The topological polar surface area (TPSA) is 0 Å². The zero-order valence-electron chi connectivity index (χ0n) is 54.0. The molecule has 0 aliphatic heterocycles. The number of fused-ring (bicyclic) bond motifs is 14. The Bertz CT molecular complexity index is 6070. The fourth-order valence-electron chi connectivity index (χ4n) is 17.2. The Kier molecular flexibility index (Phi) is 13.5. The summed E-state index contributed by atoms with van der Waals surface area (Å²) in [4.78, 5) is 0. The summed E-state index contributed by atoms with van der Waals surface area (Å²) >= 11 is 0. The molecule has 0 radical (unpaired) electrons. The maximum absolute atomic E-state index is 2.52. The molecule has 2 aliphatic rings. The highest BCUT2D eigenvalue weighted by molar-refractivity contribution is 6.15. The molecule has 98 heavy (non-hydrogen) atoms. The van der Waals surface area contributed by atoms with Crippen LogP contribution in [0.2, 0.25) is 0 Å². The van der Waals surface area contributed by atoms with Crippen molar-refractivity contribution in [1.29, 1.82) is 0 Å². The van der Waals surface area contributed by atoms with Gasteiger partial charge in [0.15, 0.2) is 0 Å². The second-order valence-electron chi connectivity index (χ2n) is 26.4. The summed E-state index contributed by atoms with van der Waals surface area (Å²) in [5.41, 5.74) is 24.6. The predicted octanol–water partition coefficient (Wildman–Crippen LogP) is 25.7.